The van der Waals surface area contributed by atoms with Crippen LogP contribution < -0.4 is 22.6 Å². The van der Waals surface area contributed by atoms with Crippen LogP contribution >= 0.6 is 0 Å². The molecule has 0 saturated carbocycles. The largest absolute Gasteiger partial charge is 2.00 e. The molecule has 0 amide bonds. The summed E-state index contributed by atoms with van der Waals surface area (Å²) in [6.07, 6.45) is 6.66. The SMILES string of the molecule is [Cl-].[NH-]C(CCC([NH-])C(=O)[O-])C(=O)[O-].[Pd+2].[Pd+2].c1ccc(-c2ccccn2)nc1.c1ccc(-c2ccccn2)nc1. The summed E-state index contributed by atoms with van der Waals surface area (Å²) in [4.78, 5) is 36.7. The Labute approximate surface area is 260 Å². The third-order valence-corrected chi connectivity index (χ3v) is 4.50. The van der Waals surface area contributed by atoms with Crippen molar-refractivity contribution in [2.45, 2.75) is 24.9 Å². The van der Waals surface area contributed by atoms with Gasteiger partial charge in [0.1, 0.15) is 0 Å². The van der Waals surface area contributed by atoms with E-state index in [-0.39, 0.29) is 66.1 Å². The van der Waals surface area contributed by atoms with E-state index < -0.39 is 24.0 Å². The molecule has 210 valence electrons. The molecule has 0 aromatic carbocycles. The van der Waals surface area contributed by atoms with Gasteiger partial charge in [-0.3, -0.25) is 19.9 Å². The van der Waals surface area contributed by atoms with Crippen LogP contribution in [0, 0.1) is 0 Å². The molecule has 0 aliphatic rings. The van der Waals surface area contributed by atoms with Gasteiger partial charge in [0.2, 0.25) is 0 Å². The Bertz CT molecular complexity index is 1010. The summed E-state index contributed by atoms with van der Waals surface area (Å²) in [5.41, 5.74) is 17.3. The third-order valence-electron chi connectivity index (χ3n) is 4.50. The number of aliphatic carboxylic acids is 2. The molecule has 0 aliphatic carbocycles. The van der Waals surface area contributed by atoms with Crippen LogP contribution in [0.4, 0.5) is 0 Å². The van der Waals surface area contributed by atoms with Gasteiger partial charge in [0, 0.05) is 36.7 Å². The Balaban J connectivity index is 0. The molecule has 4 heterocycles. The predicted octanol–water partition coefficient (Wildman–Crippen LogP) is -0.606. The van der Waals surface area contributed by atoms with Crippen LogP contribution in [0.2, 0.25) is 0 Å². The number of nitrogens with zero attached hydrogens (tertiary/aromatic N) is 4. The van der Waals surface area contributed by atoms with Crippen LogP contribution in [0.5, 0.6) is 0 Å². The number of hydrogen-bond donors (Lipinski definition) is 0. The van der Waals surface area contributed by atoms with E-state index in [0.717, 1.165) is 22.8 Å². The summed E-state index contributed by atoms with van der Waals surface area (Å²) in [6.45, 7) is 0. The Morgan fingerprint density at radius 1 is 0.564 bits per heavy atom. The zero-order chi connectivity index (χ0) is 26.2. The van der Waals surface area contributed by atoms with Crippen LogP contribution in [0.3, 0.4) is 0 Å². The fraction of sp³-hybridized carbons (Fsp3) is 0.154. The molecule has 0 saturated heterocycles. The zero-order valence-electron chi connectivity index (χ0n) is 20.2. The van der Waals surface area contributed by atoms with Gasteiger partial charge in [-0.05, 0) is 48.5 Å². The van der Waals surface area contributed by atoms with E-state index in [1.165, 1.54) is 0 Å². The van der Waals surface area contributed by atoms with E-state index in [0.29, 0.717) is 0 Å². The number of rotatable bonds is 7. The molecule has 0 bridgehead atoms. The maximum absolute atomic E-state index is 9.96. The van der Waals surface area contributed by atoms with Crippen LogP contribution in [0.25, 0.3) is 34.2 Å². The minimum absolute atomic E-state index is 0. The van der Waals surface area contributed by atoms with Crippen LogP contribution in [0.1, 0.15) is 12.8 Å². The zero-order valence-corrected chi connectivity index (χ0v) is 24.1. The molecule has 0 aliphatic heterocycles. The topological polar surface area (TPSA) is 179 Å². The number of carboxylic acid groups (broad SMARTS) is 2. The molecule has 0 fully saturated rings. The molecule has 2 atom stereocenters. The number of aromatic nitrogens is 4. The third kappa shape index (κ3) is 15.3. The minimum Gasteiger partial charge on any atom is -1.00 e. The number of carbonyl (C=O) groups excluding carboxylic acids is 2. The molecule has 0 radical (unpaired) electrons. The molecule has 4 rings (SSSR count). The van der Waals surface area contributed by atoms with Gasteiger partial charge in [0.05, 0.1) is 22.8 Å². The molecular weight excluding hydrogens is 709 g/mol. The fourth-order valence-electron chi connectivity index (χ4n) is 2.63. The Morgan fingerprint density at radius 3 is 0.949 bits per heavy atom. The minimum atomic E-state index is -1.56. The van der Waals surface area contributed by atoms with Gasteiger partial charge in [-0.25, -0.2) is 0 Å². The van der Waals surface area contributed by atoms with Gasteiger partial charge in [-0.15, -0.1) is 0 Å². The standard InChI is InChI=1S/2C10H8N2.C6H10N2O4.ClH.2Pd/c2*1-3-7-11-9(5-1)10-6-2-4-8-12-10;7-3(5(9)10)1-2-4(8)6(11)12;;;/h2*1-8H;3-4,7-8H,1-2H2,(H,9,10)(H,11,12);1H;;/q;;-2;;2*+2/p-3. The van der Waals surface area contributed by atoms with Gasteiger partial charge in [-0.1, -0.05) is 49.2 Å². The van der Waals surface area contributed by atoms with E-state index in [1.54, 1.807) is 24.8 Å². The Hall–Kier alpha value is -2.93. The van der Waals surface area contributed by atoms with Crippen molar-refractivity contribution >= 4 is 11.9 Å². The summed E-state index contributed by atoms with van der Waals surface area (Å²) in [6, 6.07) is 20.3. The summed E-state index contributed by atoms with van der Waals surface area (Å²) >= 11 is 0. The van der Waals surface area contributed by atoms with Crippen molar-refractivity contribution in [3.63, 3.8) is 0 Å². The summed E-state index contributed by atoms with van der Waals surface area (Å²) in [5.74, 6) is -3.11. The van der Waals surface area contributed by atoms with Gasteiger partial charge in [0.15, 0.2) is 0 Å². The van der Waals surface area contributed by atoms with Crippen molar-refractivity contribution in [3.05, 3.63) is 109 Å². The number of carbonyl (C=O) groups is 2. The molecule has 4 aromatic rings. The van der Waals surface area contributed by atoms with E-state index in [9.17, 15) is 19.8 Å². The fourth-order valence-corrected chi connectivity index (χ4v) is 2.63. The van der Waals surface area contributed by atoms with Crippen LogP contribution in [-0.4, -0.2) is 44.0 Å². The number of halogens is 1. The summed E-state index contributed by atoms with van der Waals surface area (Å²) in [5, 5.41) is 19.9. The molecule has 10 nitrogen and oxygen atoms in total. The molecule has 39 heavy (non-hydrogen) atoms. The maximum Gasteiger partial charge on any atom is 2.00 e. The van der Waals surface area contributed by atoms with Crippen molar-refractivity contribution in [2.75, 3.05) is 0 Å². The average molecular weight is 733 g/mol. The van der Waals surface area contributed by atoms with Crippen molar-refractivity contribution in [1.82, 2.24) is 19.9 Å². The smallest absolute Gasteiger partial charge is 1.00 e. The number of hydrogen-bond acceptors (Lipinski definition) is 8. The van der Waals surface area contributed by atoms with Crippen molar-refractivity contribution < 1.29 is 73.1 Å². The van der Waals surface area contributed by atoms with E-state index in [1.807, 2.05) is 72.8 Å². The molecular formula is C26H24ClN6O4Pd2-. The normalized spacial score (nSPS) is 10.6. The predicted molar refractivity (Wildman–Crippen MR) is 130 cm³/mol. The summed E-state index contributed by atoms with van der Waals surface area (Å²) < 4.78 is 0. The van der Waals surface area contributed by atoms with Gasteiger partial charge >= 0.3 is 40.8 Å². The second-order valence-corrected chi connectivity index (χ2v) is 7.18. The molecule has 2 unspecified atom stereocenters. The number of pyridine rings is 4. The van der Waals surface area contributed by atoms with Crippen molar-refractivity contribution in [3.8, 4) is 22.8 Å². The van der Waals surface area contributed by atoms with Crippen molar-refractivity contribution in [2.24, 2.45) is 0 Å². The first-order chi connectivity index (χ1) is 17.4. The Kier molecular flexibility index (Phi) is 21.5. The van der Waals surface area contributed by atoms with Crippen LogP contribution in [0.15, 0.2) is 97.6 Å². The van der Waals surface area contributed by atoms with E-state index in [2.05, 4.69) is 19.9 Å². The van der Waals surface area contributed by atoms with E-state index >= 15 is 0 Å². The molecule has 2 N–H and O–H groups in total. The quantitative estimate of drug-likeness (QED) is 0.226. The van der Waals surface area contributed by atoms with Crippen LogP contribution in [-0.2, 0) is 50.4 Å². The van der Waals surface area contributed by atoms with Gasteiger partial charge in [0.25, 0.3) is 0 Å². The Morgan fingerprint density at radius 2 is 0.795 bits per heavy atom. The maximum atomic E-state index is 9.96. The number of nitrogens with one attached hydrogen (secondary N) is 2. The molecule has 4 aromatic heterocycles. The first kappa shape index (κ1) is 38.2. The first-order valence-electron chi connectivity index (χ1n) is 10.9. The number of carboxylic acids is 2. The monoisotopic (exact) mass is 731 g/mol. The second kappa shape index (κ2) is 21.9. The first-order valence-corrected chi connectivity index (χ1v) is 10.9. The van der Waals surface area contributed by atoms with Crippen molar-refractivity contribution in [1.29, 1.82) is 0 Å². The molecule has 0 spiro atoms. The van der Waals surface area contributed by atoms with E-state index in [4.69, 9.17) is 11.5 Å². The average Bonchev–Trinajstić information content (AvgIpc) is 2.94. The molecule has 13 heteroatoms. The van der Waals surface area contributed by atoms with Gasteiger partial charge < -0.3 is 43.7 Å². The second-order valence-electron chi connectivity index (χ2n) is 7.18. The summed E-state index contributed by atoms with van der Waals surface area (Å²) in [7, 11) is 0. The van der Waals surface area contributed by atoms with Gasteiger partial charge in [-0.2, -0.15) is 0 Å².